The molecule has 0 fully saturated rings. The molecule has 1 unspecified atom stereocenters. The van der Waals surface area contributed by atoms with E-state index in [-0.39, 0.29) is 10.4 Å². The molecule has 1 aromatic carbocycles. The van der Waals surface area contributed by atoms with Crippen molar-refractivity contribution in [3.05, 3.63) is 35.4 Å². The first-order valence-corrected chi connectivity index (χ1v) is 4.60. The number of rotatable bonds is 2. The molecule has 0 saturated heterocycles. The molecule has 1 atom stereocenters. The van der Waals surface area contributed by atoms with Crippen LogP contribution in [-0.4, -0.2) is 4.83 Å². The van der Waals surface area contributed by atoms with E-state index >= 15 is 0 Å². The zero-order valence-electron chi connectivity index (χ0n) is 6.65. The van der Waals surface area contributed by atoms with Gasteiger partial charge in [-0.05, 0) is 18.6 Å². The zero-order chi connectivity index (χ0) is 9.14. The van der Waals surface area contributed by atoms with Crippen LogP contribution in [0.3, 0.4) is 0 Å². The fourth-order valence-electron chi connectivity index (χ4n) is 1.01. The summed E-state index contributed by atoms with van der Waals surface area (Å²) in [5.41, 5.74) is 0.155. The van der Waals surface area contributed by atoms with E-state index in [0.29, 0.717) is 6.42 Å². The van der Waals surface area contributed by atoms with Crippen molar-refractivity contribution in [3.63, 3.8) is 0 Å². The Labute approximate surface area is 78.7 Å². The summed E-state index contributed by atoms with van der Waals surface area (Å²) in [7, 11) is 0. The van der Waals surface area contributed by atoms with E-state index in [0.717, 1.165) is 0 Å². The van der Waals surface area contributed by atoms with Crippen LogP contribution in [0.15, 0.2) is 18.2 Å². The first-order valence-electron chi connectivity index (χ1n) is 3.68. The molecule has 0 saturated carbocycles. The summed E-state index contributed by atoms with van der Waals surface area (Å²) in [5, 5.41) is 0. The summed E-state index contributed by atoms with van der Waals surface area (Å²) in [6.45, 7) is 1.85. The summed E-state index contributed by atoms with van der Waals surface area (Å²) in [4.78, 5) is 0.0869. The molecule has 0 aliphatic heterocycles. The van der Waals surface area contributed by atoms with Crippen molar-refractivity contribution in [1.82, 2.24) is 0 Å². The van der Waals surface area contributed by atoms with E-state index in [1.807, 2.05) is 6.92 Å². The van der Waals surface area contributed by atoms with Gasteiger partial charge in [0.15, 0.2) is 0 Å². The van der Waals surface area contributed by atoms with Gasteiger partial charge in [0, 0.05) is 10.4 Å². The smallest absolute Gasteiger partial charge is 0.129 e. The number of hydrogen-bond acceptors (Lipinski definition) is 0. The normalized spacial score (nSPS) is 13.0. The highest BCUT2D eigenvalue weighted by Gasteiger charge is 2.09. The lowest BCUT2D eigenvalue weighted by atomic mass is 10.1. The molecule has 0 spiro atoms. The third-order valence-electron chi connectivity index (χ3n) is 1.55. The van der Waals surface area contributed by atoms with Crippen molar-refractivity contribution in [1.29, 1.82) is 0 Å². The fraction of sp³-hybridized carbons (Fsp3) is 0.333. The van der Waals surface area contributed by atoms with Crippen LogP contribution >= 0.6 is 15.9 Å². The minimum Gasteiger partial charge on any atom is -0.207 e. The predicted octanol–water partition coefficient (Wildman–Crippen LogP) is 3.29. The Bertz CT molecular complexity index is 251. The summed E-state index contributed by atoms with van der Waals surface area (Å²) < 4.78 is 25.9. The van der Waals surface area contributed by atoms with Crippen LogP contribution in [0.1, 0.15) is 12.5 Å². The second-order valence-corrected chi connectivity index (χ2v) is 4.25. The Morgan fingerprint density at radius 3 is 2.25 bits per heavy atom. The maximum absolute atomic E-state index is 12.9. The van der Waals surface area contributed by atoms with Gasteiger partial charge in [0.1, 0.15) is 11.6 Å². The van der Waals surface area contributed by atoms with Gasteiger partial charge in [-0.2, -0.15) is 0 Å². The molecule has 0 aliphatic rings. The van der Waals surface area contributed by atoms with E-state index < -0.39 is 11.6 Å². The summed E-state index contributed by atoms with van der Waals surface area (Å²) in [6, 6.07) is 3.91. The monoisotopic (exact) mass is 234 g/mol. The molecular weight excluding hydrogens is 226 g/mol. The van der Waals surface area contributed by atoms with E-state index in [9.17, 15) is 8.78 Å². The lowest BCUT2D eigenvalue weighted by Crippen LogP contribution is -2.02. The maximum Gasteiger partial charge on any atom is 0.129 e. The number of halogens is 3. The highest BCUT2D eigenvalue weighted by atomic mass is 79.9. The largest absolute Gasteiger partial charge is 0.207 e. The summed E-state index contributed by atoms with van der Waals surface area (Å²) in [6.07, 6.45) is 0.374. The zero-order valence-corrected chi connectivity index (χ0v) is 8.24. The van der Waals surface area contributed by atoms with Gasteiger partial charge in [-0.3, -0.25) is 0 Å². The summed E-state index contributed by atoms with van der Waals surface area (Å²) >= 11 is 3.25. The van der Waals surface area contributed by atoms with Gasteiger partial charge < -0.3 is 0 Å². The van der Waals surface area contributed by atoms with E-state index in [1.54, 1.807) is 0 Å². The molecule has 1 rings (SSSR count). The van der Waals surface area contributed by atoms with Crippen LogP contribution in [0, 0.1) is 11.6 Å². The van der Waals surface area contributed by atoms with Crippen molar-refractivity contribution in [3.8, 4) is 0 Å². The molecule has 0 radical (unpaired) electrons. The average Bonchev–Trinajstić information content (AvgIpc) is 1.97. The van der Waals surface area contributed by atoms with E-state index in [4.69, 9.17) is 0 Å². The molecule has 0 aromatic heterocycles. The van der Waals surface area contributed by atoms with Gasteiger partial charge in [-0.15, -0.1) is 0 Å². The standard InChI is InChI=1S/C9H9BrF2/c1-6(10)5-7-8(11)3-2-4-9(7)12/h2-4,6H,5H2,1H3. The molecule has 3 heteroatoms. The van der Waals surface area contributed by atoms with Gasteiger partial charge in [-0.25, -0.2) is 8.78 Å². The van der Waals surface area contributed by atoms with Gasteiger partial charge in [0.05, 0.1) is 0 Å². The molecule has 0 amide bonds. The minimum absolute atomic E-state index is 0.0869. The Morgan fingerprint density at radius 2 is 1.83 bits per heavy atom. The van der Waals surface area contributed by atoms with Crippen LogP contribution in [0.25, 0.3) is 0 Å². The number of alkyl halides is 1. The molecule has 0 aliphatic carbocycles. The number of hydrogen-bond donors (Lipinski definition) is 0. The number of benzene rings is 1. The Hall–Kier alpha value is -0.440. The predicted molar refractivity (Wildman–Crippen MR) is 48.5 cm³/mol. The average molecular weight is 235 g/mol. The highest BCUT2D eigenvalue weighted by Crippen LogP contribution is 2.16. The van der Waals surface area contributed by atoms with Crippen LogP contribution in [-0.2, 0) is 6.42 Å². The van der Waals surface area contributed by atoms with Crippen LogP contribution in [0.2, 0.25) is 0 Å². The van der Waals surface area contributed by atoms with Crippen LogP contribution < -0.4 is 0 Å². The molecular formula is C9H9BrF2. The third kappa shape index (κ3) is 2.27. The lowest BCUT2D eigenvalue weighted by molar-refractivity contribution is 0.555. The molecule has 1 aromatic rings. The molecule has 0 heterocycles. The van der Waals surface area contributed by atoms with Gasteiger partial charge >= 0.3 is 0 Å². The Balaban J connectivity index is 2.96. The van der Waals surface area contributed by atoms with Crippen molar-refractivity contribution >= 4 is 15.9 Å². The van der Waals surface area contributed by atoms with Crippen molar-refractivity contribution in [2.45, 2.75) is 18.2 Å². The van der Waals surface area contributed by atoms with Gasteiger partial charge in [-0.1, -0.05) is 28.9 Å². The first-order chi connectivity index (χ1) is 5.61. The van der Waals surface area contributed by atoms with E-state index in [2.05, 4.69) is 15.9 Å². The molecule has 0 bridgehead atoms. The minimum atomic E-state index is -0.471. The SMILES string of the molecule is CC(Br)Cc1c(F)cccc1F. The molecule has 0 nitrogen and oxygen atoms in total. The van der Waals surface area contributed by atoms with Crippen LogP contribution in [0.4, 0.5) is 8.78 Å². The van der Waals surface area contributed by atoms with Crippen LogP contribution in [0.5, 0.6) is 0 Å². The van der Waals surface area contributed by atoms with Crippen molar-refractivity contribution in [2.24, 2.45) is 0 Å². The Kier molecular flexibility index (Phi) is 3.20. The quantitative estimate of drug-likeness (QED) is 0.690. The molecule has 0 N–H and O–H groups in total. The van der Waals surface area contributed by atoms with E-state index in [1.165, 1.54) is 18.2 Å². The van der Waals surface area contributed by atoms with Gasteiger partial charge in [0.2, 0.25) is 0 Å². The molecule has 66 valence electrons. The van der Waals surface area contributed by atoms with Gasteiger partial charge in [0.25, 0.3) is 0 Å². The fourth-order valence-corrected chi connectivity index (χ4v) is 1.33. The first kappa shape index (κ1) is 9.65. The molecule has 12 heavy (non-hydrogen) atoms. The third-order valence-corrected chi connectivity index (χ3v) is 1.87. The second-order valence-electron chi connectivity index (χ2n) is 2.69. The lowest BCUT2D eigenvalue weighted by Gasteiger charge is -2.05. The summed E-state index contributed by atoms with van der Waals surface area (Å²) in [5.74, 6) is -0.942. The van der Waals surface area contributed by atoms with Crippen molar-refractivity contribution < 1.29 is 8.78 Å². The van der Waals surface area contributed by atoms with Crippen molar-refractivity contribution in [2.75, 3.05) is 0 Å². The Morgan fingerprint density at radius 1 is 1.33 bits per heavy atom. The maximum atomic E-state index is 12.9. The topological polar surface area (TPSA) is 0 Å². The highest BCUT2D eigenvalue weighted by molar-refractivity contribution is 9.09. The second kappa shape index (κ2) is 3.99.